The predicted molar refractivity (Wildman–Crippen MR) is 89.6 cm³/mol. The van der Waals surface area contributed by atoms with Gasteiger partial charge in [0.2, 0.25) is 5.91 Å². The maximum atomic E-state index is 11.9. The monoisotopic (exact) mass is 345 g/mol. The fourth-order valence-corrected chi connectivity index (χ4v) is 2.71. The lowest BCUT2D eigenvalue weighted by atomic mass is 10.2. The van der Waals surface area contributed by atoms with Crippen LogP contribution < -0.4 is 11.1 Å². The molecule has 0 saturated heterocycles. The highest BCUT2D eigenvalue weighted by Crippen LogP contribution is 2.29. The van der Waals surface area contributed by atoms with Crippen LogP contribution in [-0.2, 0) is 9.53 Å². The van der Waals surface area contributed by atoms with Gasteiger partial charge in [-0.15, -0.1) is 23.7 Å². The minimum Gasteiger partial charge on any atom is -0.466 e. The molecule has 2 aromatic rings. The van der Waals surface area contributed by atoms with Crippen molar-refractivity contribution in [1.29, 1.82) is 0 Å². The average molecular weight is 346 g/mol. The van der Waals surface area contributed by atoms with Crippen molar-refractivity contribution in [1.82, 2.24) is 4.98 Å². The van der Waals surface area contributed by atoms with Crippen molar-refractivity contribution in [2.45, 2.75) is 26.4 Å². The maximum Gasteiger partial charge on any atom is 0.228 e. The Morgan fingerprint density at radius 2 is 2.27 bits per heavy atom. The van der Waals surface area contributed by atoms with Crippen molar-refractivity contribution in [3.63, 3.8) is 0 Å². The third kappa shape index (κ3) is 4.54. The molecule has 0 fully saturated rings. The molecule has 0 saturated carbocycles. The highest BCUT2D eigenvalue weighted by molar-refractivity contribution is 7.14. The molecule has 3 N–H and O–H groups in total. The van der Waals surface area contributed by atoms with Crippen molar-refractivity contribution in [3.8, 4) is 11.3 Å². The number of hydrogen-bond acceptors (Lipinski definition) is 6. The highest BCUT2D eigenvalue weighted by Gasteiger charge is 2.15. The molecule has 1 atom stereocenters. The summed E-state index contributed by atoms with van der Waals surface area (Å²) in [6.07, 6.45) is -0.0608. The summed E-state index contributed by atoms with van der Waals surface area (Å²) in [6.45, 7) is 4.09. The fraction of sp³-hybridized carbons (Fsp3) is 0.429. The molecule has 0 spiro atoms. The SMILES string of the molecule is COC(CN)CC(=O)Nc1nc(-c2cc(C)oc2C)cs1.Cl. The molecule has 2 heterocycles. The smallest absolute Gasteiger partial charge is 0.228 e. The number of nitrogens with one attached hydrogen (secondary N) is 1. The van der Waals surface area contributed by atoms with E-state index < -0.39 is 0 Å². The van der Waals surface area contributed by atoms with E-state index in [4.69, 9.17) is 14.9 Å². The minimum absolute atomic E-state index is 0. The number of anilines is 1. The van der Waals surface area contributed by atoms with Crippen LogP contribution >= 0.6 is 23.7 Å². The Balaban J connectivity index is 0.00000242. The van der Waals surface area contributed by atoms with Gasteiger partial charge < -0.3 is 20.2 Å². The van der Waals surface area contributed by atoms with E-state index in [0.29, 0.717) is 11.7 Å². The summed E-state index contributed by atoms with van der Waals surface area (Å²) in [6, 6.07) is 1.94. The second-order valence-corrected chi connectivity index (χ2v) is 5.57. The lowest BCUT2D eigenvalue weighted by Crippen LogP contribution is -2.28. The number of ether oxygens (including phenoxy) is 1. The Morgan fingerprint density at radius 1 is 1.55 bits per heavy atom. The maximum absolute atomic E-state index is 11.9. The number of amides is 1. The summed E-state index contributed by atoms with van der Waals surface area (Å²) in [7, 11) is 1.54. The van der Waals surface area contributed by atoms with E-state index >= 15 is 0 Å². The molecule has 2 rings (SSSR count). The number of methoxy groups -OCH3 is 1. The minimum atomic E-state index is -0.275. The largest absolute Gasteiger partial charge is 0.466 e. The van der Waals surface area contributed by atoms with E-state index in [9.17, 15) is 4.79 Å². The van der Waals surface area contributed by atoms with Gasteiger partial charge in [0.25, 0.3) is 0 Å². The van der Waals surface area contributed by atoms with E-state index in [1.807, 2.05) is 25.3 Å². The van der Waals surface area contributed by atoms with E-state index in [0.717, 1.165) is 22.8 Å². The van der Waals surface area contributed by atoms with Crippen LogP contribution in [0, 0.1) is 13.8 Å². The summed E-state index contributed by atoms with van der Waals surface area (Å²) in [5.74, 6) is 1.50. The van der Waals surface area contributed by atoms with E-state index in [1.54, 1.807) is 0 Å². The van der Waals surface area contributed by atoms with Crippen LogP contribution in [0.4, 0.5) is 5.13 Å². The van der Waals surface area contributed by atoms with Gasteiger partial charge in [0.15, 0.2) is 5.13 Å². The van der Waals surface area contributed by atoms with Crippen LogP contribution in [-0.4, -0.2) is 30.6 Å². The zero-order valence-electron chi connectivity index (χ0n) is 12.7. The normalized spacial score (nSPS) is 11.8. The molecule has 0 bridgehead atoms. The molecule has 2 aromatic heterocycles. The van der Waals surface area contributed by atoms with Gasteiger partial charge in [-0.3, -0.25) is 4.79 Å². The Morgan fingerprint density at radius 3 is 2.82 bits per heavy atom. The van der Waals surface area contributed by atoms with Gasteiger partial charge in [-0.25, -0.2) is 4.98 Å². The van der Waals surface area contributed by atoms with Crippen molar-refractivity contribution < 1.29 is 13.9 Å². The van der Waals surface area contributed by atoms with Gasteiger partial charge in [-0.05, 0) is 19.9 Å². The van der Waals surface area contributed by atoms with Gasteiger partial charge in [0.1, 0.15) is 11.5 Å². The van der Waals surface area contributed by atoms with Crippen LogP contribution in [0.25, 0.3) is 11.3 Å². The molecular formula is C14H20ClN3O3S. The number of thiazole rings is 1. The first kappa shape index (κ1) is 18.6. The van der Waals surface area contributed by atoms with Gasteiger partial charge in [-0.1, -0.05) is 0 Å². The molecule has 8 heteroatoms. The van der Waals surface area contributed by atoms with Crippen LogP contribution in [0.15, 0.2) is 15.9 Å². The Hall–Kier alpha value is -1.41. The Bertz CT molecular complexity index is 623. The summed E-state index contributed by atoms with van der Waals surface area (Å²) in [5, 5.41) is 5.21. The molecule has 0 aliphatic heterocycles. The second kappa shape index (κ2) is 8.28. The summed E-state index contributed by atoms with van der Waals surface area (Å²) in [4.78, 5) is 16.3. The van der Waals surface area contributed by atoms with Crippen LogP contribution in [0.3, 0.4) is 0 Å². The summed E-state index contributed by atoms with van der Waals surface area (Å²) >= 11 is 1.38. The van der Waals surface area contributed by atoms with Crippen LogP contribution in [0.5, 0.6) is 0 Å². The zero-order chi connectivity index (χ0) is 15.4. The molecule has 0 aromatic carbocycles. The topological polar surface area (TPSA) is 90.4 Å². The second-order valence-electron chi connectivity index (χ2n) is 4.71. The molecule has 22 heavy (non-hydrogen) atoms. The van der Waals surface area contributed by atoms with Gasteiger partial charge in [0, 0.05) is 24.6 Å². The van der Waals surface area contributed by atoms with E-state index in [2.05, 4.69) is 10.3 Å². The van der Waals surface area contributed by atoms with Gasteiger partial charge in [0.05, 0.1) is 18.2 Å². The number of carbonyl (C=O) groups excluding carboxylic acids is 1. The summed E-state index contributed by atoms with van der Waals surface area (Å²) in [5.41, 5.74) is 7.24. The van der Waals surface area contributed by atoms with E-state index in [-0.39, 0.29) is 30.8 Å². The third-order valence-electron chi connectivity index (χ3n) is 3.08. The first-order chi connectivity index (χ1) is 10.0. The van der Waals surface area contributed by atoms with Gasteiger partial charge >= 0.3 is 0 Å². The van der Waals surface area contributed by atoms with Crippen LogP contribution in [0.1, 0.15) is 17.9 Å². The highest BCUT2D eigenvalue weighted by atomic mass is 35.5. The molecule has 0 radical (unpaired) electrons. The molecule has 1 amide bonds. The number of hydrogen-bond donors (Lipinski definition) is 2. The predicted octanol–water partition coefficient (Wildman–Crippen LogP) is 2.74. The summed E-state index contributed by atoms with van der Waals surface area (Å²) < 4.78 is 10.6. The molecular weight excluding hydrogens is 326 g/mol. The number of aryl methyl sites for hydroxylation is 2. The number of halogens is 1. The third-order valence-corrected chi connectivity index (χ3v) is 3.83. The molecule has 0 aliphatic carbocycles. The first-order valence-corrected chi connectivity index (χ1v) is 7.47. The molecule has 0 aliphatic rings. The van der Waals surface area contributed by atoms with Gasteiger partial charge in [-0.2, -0.15) is 0 Å². The number of aromatic nitrogens is 1. The first-order valence-electron chi connectivity index (χ1n) is 6.59. The zero-order valence-corrected chi connectivity index (χ0v) is 14.3. The number of nitrogens with two attached hydrogens (primary N) is 1. The van der Waals surface area contributed by atoms with E-state index in [1.165, 1.54) is 18.4 Å². The van der Waals surface area contributed by atoms with Crippen LogP contribution in [0.2, 0.25) is 0 Å². The number of carbonyl (C=O) groups is 1. The standard InChI is InChI=1S/C14H19N3O3S.ClH/c1-8-4-11(9(2)20-8)12-7-21-14(16-12)17-13(18)5-10(6-15)19-3;/h4,7,10H,5-6,15H2,1-3H3,(H,16,17,18);1H. The number of nitrogens with zero attached hydrogens (tertiary/aromatic N) is 1. The lowest BCUT2D eigenvalue weighted by Gasteiger charge is -2.11. The van der Waals surface area contributed by atoms with Crippen molar-refractivity contribution in [2.75, 3.05) is 19.0 Å². The molecule has 6 nitrogen and oxygen atoms in total. The number of rotatable bonds is 6. The lowest BCUT2D eigenvalue weighted by molar-refractivity contribution is -0.118. The van der Waals surface area contributed by atoms with Crippen molar-refractivity contribution in [3.05, 3.63) is 23.0 Å². The fourth-order valence-electron chi connectivity index (χ4n) is 1.98. The van der Waals surface area contributed by atoms with Crippen molar-refractivity contribution in [2.24, 2.45) is 5.73 Å². The molecule has 1 unspecified atom stereocenters. The van der Waals surface area contributed by atoms with Crippen molar-refractivity contribution >= 4 is 34.8 Å². The quantitative estimate of drug-likeness (QED) is 0.840. The number of furan rings is 1. The molecule has 122 valence electrons. The Kier molecular flexibility index (Phi) is 7.02. The Labute approximate surface area is 139 Å². The average Bonchev–Trinajstić information content (AvgIpc) is 3.02.